The van der Waals surface area contributed by atoms with Gasteiger partial charge in [0, 0.05) is 0 Å². The first-order chi connectivity index (χ1) is 12.8. The Hall–Kier alpha value is -2.61. The number of nitrogens with two attached hydrogens (primary N) is 2. The molecule has 0 bridgehead atoms. The Morgan fingerprint density at radius 1 is 1.26 bits per heavy atom. The molecule has 1 heterocycles. The second kappa shape index (κ2) is 7.56. The maximum absolute atomic E-state index is 12.4. The van der Waals surface area contributed by atoms with Gasteiger partial charge in [-0.15, -0.1) is 0 Å². The fourth-order valence-corrected chi connectivity index (χ4v) is 3.88. The van der Waals surface area contributed by atoms with Crippen molar-refractivity contribution in [2.45, 2.75) is 44.7 Å². The Kier molecular flexibility index (Phi) is 5.36. The minimum atomic E-state index is -0.539. The Bertz CT molecular complexity index is 778. The number of aryl methyl sites for hydroxylation is 1. The molecule has 8 heteroatoms. The van der Waals surface area contributed by atoms with Crippen LogP contribution in [0.3, 0.4) is 0 Å². The van der Waals surface area contributed by atoms with Gasteiger partial charge in [0.1, 0.15) is 5.66 Å². The van der Waals surface area contributed by atoms with Crippen molar-refractivity contribution in [3.05, 3.63) is 23.8 Å². The summed E-state index contributed by atoms with van der Waals surface area (Å²) >= 11 is 0. The lowest BCUT2D eigenvalue weighted by atomic mass is 9.87. The molecule has 146 valence electrons. The normalized spacial score (nSPS) is 19.0. The van der Waals surface area contributed by atoms with Gasteiger partial charge in [-0.05, 0) is 64.4 Å². The minimum Gasteiger partial charge on any atom is -0.369 e. The van der Waals surface area contributed by atoms with Crippen molar-refractivity contribution in [3.63, 3.8) is 0 Å². The number of anilines is 2. The van der Waals surface area contributed by atoms with E-state index in [9.17, 15) is 4.79 Å². The van der Waals surface area contributed by atoms with Crippen molar-refractivity contribution in [2.75, 3.05) is 30.9 Å². The summed E-state index contributed by atoms with van der Waals surface area (Å²) in [7, 11) is 3.72. The molecule has 1 spiro atoms. The highest BCUT2D eigenvalue weighted by molar-refractivity contribution is 6.08. The standard InChI is InChI=1S/C19H29N7O/c1-13-7-8-14(22-16(27)12-25(2)3)15(11-13)26-18(21)23-17(20)24-19(26)9-5-4-6-10-19/h7-8,11H,4-6,9-10,12H2,1-3H3,(H,22,27)(H4,20,21,23,24). The lowest BCUT2D eigenvalue weighted by Crippen LogP contribution is -2.58. The first-order valence-corrected chi connectivity index (χ1v) is 9.36. The molecule has 3 rings (SSSR count). The van der Waals surface area contributed by atoms with Crippen LogP contribution in [0.2, 0.25) is 0 Å². The summed E-state index contributed by atoms with van der Waals surface area (Å²) < 4.78 is 0. The molecule has 0 atom stereocenters. The van der Waals surface area contributed by atoms with Gasteiger partial charge in [0.2, 0.25) is 17.8 Å². The first-order valence-electron chi connectivity index (χ1n) is 9.36. The number of carbonyl (C=O) groups excluding carboxylic acids is 1. The third-order valence-electron chi connectivity index (χ3n) is 4.98. The van der Waals surface area contributed by atoms with Crippen LogP contribution < -0.4 is 21.7 Å². The molecular weight excluding hydrogens is 342 g/mol. The molecular formula is C19H29N7O. The summed E-state index contributed by atoms with van der Waals surface area (Å²) in [6.45, 7) is 2.31. The number of hydrogen-bond donors (Lipinski definition) is 3. The molecule has 5 N–H and O–H groups in total. The van der Waals surface area contributed by atoms with Crippen LogP contribution in [0.15, 0.2) is 28.2 Å². The average molecular weight is 371 g/mol. The zero-order chi connectivity index (χ0) is 19.6. The van der Waals surface area contributed by atoms with Crippen LogP contribution in [0, 0.1) is 6.92 Å². The van der Waals surface area contributed by atoms with E-state index in [1.54, 1.807) is 0 Å². The van der Waals surface area contributed by atoms with Gasteiger partial charge in [-0.2, -0.15) is 4.99 Å². The maximum Gasteiger partial charge on any atom is 0.238 e. The molecule has 27 heavy (non-hydrogen) atoms. The largest absolute Gasteiger partial charge is 0.369 e. The van der Waals surface area contributed by atoms with E-state index in [1.165, 1.54) is 6.42 Å². The number of nitrogens with one attached hydrogen (secondary N) is 1. The van der Waals surface area contributed by atoms with E-state index >= 15 is 0 Å². The number of amides is 1. The van der Waals surface area contributed by atoms with Gasteiger partial charge < -0.3 is 21.7 Å². The molecule has 1 aliphatic heterocycles. The van der Waals surface area contributed by atoms with Crippen molar-refractivity contribution in [1.29, 1.82) is 0 Å². The number of nitrogens with zero attached hydrogens (tertiary/aromatic N) is 4. The zero-order valence-electron chi connectivity index (χ0n) is 16.3. The van der Waals surface area contributed by atoms with E-state index in [-0.39, 0.29) is 11.9 Å². The van der Waals surface area contributed by atoms with Gasteiger partial charge in [0.25, 0.3) is 0 Å². The zero-order valence-corrected chi connectivity index (χ0v) is 16.3. The number of benzene rings is 1. The third kappa shape index (κ3) is 4.05. The molecule has 0 radical (unpaired) electrons. The van der Waals surface area contributed by atoms with E-state index in [4.69, 9.17) is 16.5 Å². The van der Waals surface area contributed by atoms with Gasteiger partial charge in [-0.1, -0.05) is 12.5 Å². The molecule has 1 saturated carbocycles. The molecule has 1 aromatic carbocycles. The number of guanidine groups is 2. The number of hydrogen-bond acceptors (Lipinski definition) is 7. The minimum absolute atomic E-state index is 0.0849. The van der Waals surface area contributed by atoms with Gasteiger partial charge in [-0.3, -0.25) is 9.69 Å². The molecule has 2 aliphatic rings. The fraction of sp³-hybridized carbons (Fsp3) is 0.526. The highest BCUT2D eigenvalue weighted by Crippen LogP contribution is 2.42. The molecule has 0 aromatic heterocycles. The second-order valence-electron chi connectivity index (χ2n) is 7.63. The Labute approximate surface area is 160 Å². The smallest absolute Gasteiger partial charge is 0.238 e. The van der Waals surface area contributed by atoms with Crippen LogP contribution in [0.1, 0.15) is 37.7 Å². The molecule has 8 nitrogen and oxygen atoms in total. The predicted molar refractivity (Wildman–Crippen MR) is 110 cm³/mol. The molecule has 0 saturated heterocycles. The van der Waals surface area contributed by atoms with Crippen LogP contribution in [-0.2, 0) is 4.79 Å². The Balaban J connectivity index is 2.04. The van der Waals surface area contributed by atoms with E-state index in [0.717, 1.165) is 36.9 Å². The van der Waals surface area contributed by atoms with Crippen LogP contribution >= 0.6 is 0 Å². The average Bonchev–Trinajstić information content (AvgIpc) is 2.56. The molecule has 0 unspecified atom stereocenters. The molecule has 1 aliphatic carbocycles. The lowest BCUT2D eigenvalue weighted by Gasteiger charge is -2.46. The highest BCUT2D eigenvalue weighted by atomic mass is 16.2. The summed E-state index contributed by atoms with van der Waals surface area (Å²) in [6.07, 6.45) is 4.97. The first kappa shape index (κ1) is 19.2. The van der Waals surface area contributed by atoms with Crippen molar-refractivity contribution in [2.24, 2.45) is 21.5 Å². The number of aliphatic imine (C=N–C) groups is 2. The number of rotatable bonds is 4. The summed E-state index contributed by atoms with van der Waals surface area (Å²) in [4.78, 5) is 25.1. The van der Waals surface area contributed by atoms with Gasteiger partial charge in [0.05, 0.1) is 17.9 Å². The van der Waals surface area contributed by atoms with E-state index in [2.05, 4.69) is 10.3 Å². The van der Waals surface area contributed by atoms with Gasteiger partial charge >= 0.3 is 0 Å². The van der Waals surface area contributed by atoms with E-state index in [1.807, 2.05) is 49.0 Å². The van der Waals surface area contributed by atoms with Crippen LogP contribution in [-0.4, -0.2) is 49.0 Å². The van der Waals surface area contributed by atoms with Crippen molar-refractivity contribution >= 4 is 29.2 Å². The van der Waals surface area contributed by atoms with Crippen molar-refractivity contribution in [1.82, 2.24) is 4.90 Å². The van der Waals surface area contributed by atoms with Crippen LogP contribution in [0.25, 0.3) is 0 Å². The number of carbonyl (C=O) groups is 1. The topological polar surface area (TPSA) is 112 Å². The highest BCUT2D eigenvalue weighted by Gasteiger charge is 2.43. The molecule has 1 amide bonds. The summed E-state index contributed by atoms with van der Waals surface area (Å²) in [6, 6.07) is 5.89. The summed E-state index contributed by atoms with van der Waals surface area (Å²) in [5, 5.41) is 3.01. The summed E-state index contributed by atoms with van der Waals surface area (Å²) in [5.74, 6) is 0.452. The predicted octanol–water partition coefficient (Wildman–Crippen LogP) is 1.60. The SMILES string of the molecule is Cc1ccc(NC(=O)CN(C)C)c(N2C(N)=NC(N)=NC23CCCCC3)c1. The van der Waals surface area contributed by atoms with Crippen molar-refractivity contribution < 1.29 is 4.79 Å². The lowest BCUT2D eigenvalue weighted by molar-refractivity contribution is -0.116. The van der Waals surface area contributed by atoms with Crippen molar-refractivity contribution in [3.8, 4) is 0 Å². The molecule has 1 fully saturated rings. The fourth-order valence-electron chi connectivity index (χ4n) is 3.88. The monoisotopic (exact) mass is 371 g/mol. The second-order valence-corrected chi connectivity index (χ2v) is 7.63. The quantitative estimate of drug-likeness (QED) is 0.744. The maximum atomic E-state index is 12.4. The van der Waals surface area contributed by atoms with Gasteiger partial charge in [-0.25, -0.2) is 4.99 Å². The number of likely N-dealkylation sites (N-methyl/N-ethyl adjacent to an activating group) is 1. The van der Waals surface area contributed by atoms with Gasteiger partial charge in [0.15, 0.2) is 0 Å². The van der Waals surface area contributed by atoms with Crippen LogP contribution in [0.5, 0.6) is 0 Å². The van der Waals surface area contributed by atoms with E-state index < -0.39 is 5.66 Å². The summed E-state index contributed by atoms with van der Waals surface area (Å²) in [5.41, 5.74) is 14.3. The molecule has 1 aromatic rings. The third-order valence-corrected chi connectivity index (χ3v) is 4.98. The van der Waals surface area contributed by atoms with Crippen LogP contribution in [0.4, 0.5) is 11.4 Å². The Morgan fingerprint density at radius 3 is 2.63 bits per heavy atom. The Morgan fingerprint density at radius 2 is 1.96 bits per heavy atom. The van der Waals surface area contributed by atoms with E-state index in [0.29, 0.717) is 18.2 Å².